The van der Waals surface area contributed by atoms with Crippen LogP contribution in [0.25, 0.3) is 0 Å². The van der Waals surface area contributed by atoms with E-state index < -0.39 is 67.4 Å². The number of allylic oxidation sites excluding steroid dienone is 15. The van der Waals surface area contributed by atoms with Gasteiger partial charge < -0.3 is 45.1 Å². The minimum absolute atomic E-state index is 0.113. The number of rotatable bonds is 59. The molecule has 0 aromatic carbocycles. The maximum Gasteiger partial charge on any atom is 0.306 e. The standard InChI is InChI=1S/C74H129NO10/c1-4-7-10-13-16-19-22-25-27-29-30-31-32-33-34-35-36-37-38-39-41-44-47-50-53-56-59-62-69(79)85-72-71(81)70(80)68(63-76)84-74(72)83-64-65(66(77)60-57-54-51-48-45-42-24-21-18-15-12-9-6-3)75-73(82)67(78)61-58-55-52-49-46-43-40-28-26-23-20-17-14-11-8-5-2/h16-17,19-20,25-28,30-31,43,46,52,55,57,60,65-68,70-72,74,76-78,80-81H,4-15,18,21-24,29,32-42,44-45,47-51,53-54,56,58-59,61-64H2,1-3H3,(H,75,82)/b19-16-,20-17-,27-25-,28-26-,31-30-,46-43-,55-52-,60-57+. The molecular formula is C74H129NO10. The third-order valence-corrected chi connectivity index (χ3v) is 16.0. The van der Waals surface area contributed by atoms with Gasteiger partial charge in [0.2, 0.25) is 5.91 Å². The second kappa shape index (κ2) is 60.8. The Labute approximate surface area is 520 Å². The van der Waals surface area contributed by atoms with Gasteiger partial charge in [-0.1, -0.05) is 285 Å². The van der Waals surface area contributed by atoms with Crippen LogP contribution in [0.5, 0.6) is 0 Å². The lowest BCUT2D eigenvalue weighted by molar-refractivity contribution is -0.305. The number of carbonyl (C=O) groups excluding carboxylic acids is 2. The zero-order chi connectivity index (χ0) is 61.7. The molecule has 0 aromatic rings. The molecule has 6 N–H and O–H groups in total. The molecule has 0 aromatic heterocycles. The van der Waals surface area contributed by atoms with Gasteiger partial charge in [0.05, 0.1) is 25.4 Å². The lowest BCUT2D eigenvalue weighted by atomic mass is 9.99. The van der Waals surface area contributed by atoms with E-state index in [9.17, 15) is 35.1 Å². The normalized spacial score (nSPS) is 19.0. The Morgan fingerprint density at radius 2 is 0.812 bits per heavy atom. The summed E-state index contributed by atoms with van der Waals surface area (Å²) < 4.78 is 17.7. The highest BCUT2D eigenvalue weighted by Gasteiger charge is 2.47. The zero-order valence-electron chi connectivity index (χ0n) is 54.5. The number of unbranched alkanes of at least 4 members (excludes halogenated alkanes) is 31. The largest absolute Gasteiger partial charge is 0.454 e. The molecule has 1 fully saturated rings. The molecule has 85 heavy (non-hydrogen) atoms. The average Bonchev–Trinajstić information content (AvgIpc) is 3.13. The fourth-order valence-corrected chi connectivity index (χ4v) is 10.4. The Morgan fingerprint density at radius 3 is 1.24 bits per heavy atom. The van der Waals surface area contributed by atoms with Crippen LogP contribution in [0.15, 0.2) is 97.2 Å². The summed E-state index contributed by atoms with van der Waals surface area (Å²) in [6.45, 7) is 5.72. The molecule has 1 amide bonds. The van der Waals surface area contributed by atoms with Crippen molar-refractivity contribution >= 4 is 11.9 Å². The molecular weight excluding hydrogens is 1060 g/mol. The number of carbonyl (C=O) groups is 2. The van der Waals surface area contributed by atoms with Crippen LogP contribution >= 0.6 is 0 Å². The van der Waals surface area contributed by atoms with E-state index in [1.165, 1.54) is 167 Å². The highest BCUT2D eigenvalue weighted by atomic mass is 16.7. The summed E-state index contributed by atoms with van der Waals surface area (Å²) in [5.41, 5.74) is 0. The lowest BCUT2D eigenvalue weighted by Gasteiger charge is -2.41. The van der Waals surface area contributed by atoms with Crippen molar-refractivity contribution in [1.82, 2.24) is 5.32 Å². The van der Waals surface area contributed by atoms with Crippen LogP contribution in [0.1, 0.15) is 297 Å². The van der Waals surface area contributed by atoms with Crippen molar-refractivity contribution in [1.29, 1.82) is 0 Å². The van der Waals surface area contributed by atoms with Crippen molar-refractivity contribution in [3.05, 3.63) is 97.2 Å². The predicted molar refractivity (Wildman–Crippen MR) is 356 cm³/mol. The van der Waals surface area contributed by atoms with E-state index in [1.807, 2.05) is 18.2 Å². The third kappa shape index (κ3) is 48.2. The first kappa shape index (κ1) is 79.6. The Morgan fingerprint density at radius 1 is 0.459 bits per heavy atom. The maximum atomic E-state index is 13.4. The number of ether oxygens (including phenoxy) is 3. The van der Waals surface area contributed by atoms with E-state index in [-0.39, 0.29) is 19.4 Å². The highest BCUT2D eigenvalue weighted by Crippen LogP contribution is 2.26. The first-order valence-corrected chi connectivity index (χ1v) is 35.0. The van der Waals surface area contributed by atoms with E-state index in [0.29, 0.717) is 12.8 Å². The number of hydrogen-bond donors (Lipinski definition) is 6. The second-order valence-electron chi connectivity index (χ2n) is 23.9. The Balaban J connectivity index is 2.59. The van der Waals surface area contributed by atoms with Gasteiger partial charge in [-0.25, -0.2) is 0 Å². The molecule has 1 saturated heterocycles. The first-order valence-electron chi connectivity index (χ1n) is 35.0. The van der Waals surface area contributed by atoms with Gasteiger partial charge in [-0.15, -0.1) is 0 Å². The van der Waals surface area contributed by atoms with Gasteiger partial charge in [-0.05, 0) is 103 Å². The van der Waals surface area contributed by atoms with Crippen molar-refractivity contribution in [3.8, 4) is 0 Å². The summed E-state index contributed by atoms with van der Waals surface area (Å²) in [5, 5.41) is 57.1. The van der Waals surface area contributed by atoms with E-state index in [4.69, 9.17) is 14.2 Å². The van der Waals surface area contributed by atoms with Gasteiger partial charge in [0.1, 0.15) is 24.4 Å². The van der Waals surface area contributed by atoms with Crippen LogP contribution in [-0.2, 0) is 23.8 Å². The number of hydrogen-bond acceptors (Lipinski definition) is 10. The topological polar surface area (TPSA) is 175 Å². The van der Waals surface area contributed by atoms with Crippen molar-refractivity contribution in [2.45, 2.75) is 346 Å². The Kier molecular flexibility index (Phi) is 57.0. The summed E-state index contributed by atoms with van der Waals surface area (Å²) in [7, 11) is 0. The number of aliphatic hydroxyl groups excluding tert-OH is 5. The summed E-state index contributed by atoms with van der Waals surface area (Å²) in [6, 6.07) is -1.06. The van der Waals surface area contributed by atoms with Crippen LogP contribution in [0.2, 0.25) is 0 Å². The van der Waals surface area contributed by atoms with Crippen molar-refractivity contribution in [2.75, 3.05) is 13.2 Å². The molecule has 8 atom stereocenters. The molecule has 0 saturated carbocycles. The number of esters is 1. The van der Waals surface area contributed by atoms with Gasteiger partial charge in [-0.3, -0.25) is 9.59 Å². The molecule has 1 rings (SSSR count). The lowest BCUT2D eigenvalue weighted by Crippen LogP contribution is -2.61. The van der Waals surface area contributed by atoms with Crippen LogP contribution in [0.3, 0.4) is 0 Å². The second-order valence-corrected chi connectivity index (χ2v) is 23.9. The molecule has 0 radical (unpaired) electrons. The molecule has 0 aliphatic carbocycles. The van der Waals surface area contributed by atoms with Crippen LogP contribution in [0.4, 0.5) is 0 Å². The molecule has 11 heteroatoms. The third-order valence-electron chi connectivity index (χ3n) is 16.0. The zero-order valence-corrected chi connectivity index (χ0v) is 54.5. The van der Waals surface area contributed by atoms with E-state index in [2.05, 4.69) is 99.0 Å². The van der Waals surface area contributed by atoms with Crippen LogP contribution in [-0.4, -0.2) is 99.6 Å². The fourth-order valence-electron chi connectivity index (χ4n) is 10.4. The molecule has 1 heterocycles. The van der Waals surface area contributed by atoms with Gasteiger partial charge in [-0.2, -0.15) is 0 Å². The molecule has 490 valence electrons. The van der Waals surface area contributed by atoms with Gasteiger partial charge in [0.15, 0.2) is 12.4 Å². The number of aliphatic hydroxyl groups is 5. The monoisotopic (exact) mass is 1190 g/mol. The maximum absolute atomic E-state index is 13.4. The van der Waals surface area contributed by atoms with E-state index in [1.54, 1.807) is 6.08 Å². The smallest absolute Gasteiger partial charge is 0.306 e. The highest BCUT2D eigenvalue weighted by molar-refractivity contribution is 5.80. The van der Waals surface area contributed by atoms with E-state index >= 15 is 0 Å². The molecule has 0 bridgehead atoms. The summed E-state index contributed by atoms with van der Waals surface area (Å²) in [5.74, 6) is -1.25. The van der Waals surface area contributed by atoms with Crippen molar-refractivity contribution in [3.63, 3.8) is 0 Å². The van der Waals surface area contributed by atoms with Crippen LogP contribution < -0.4 is 5.32 Å². The fraction of sp³-hybridized carbons (Fsp3) is 0.757. The Hall–Kier alpha value is -3.42. The minimum atomic E-state index is -1.63. The summed E-state index contributed by atoms with van der Waals surface area (Å²) in [4.78, 5) is 26.6. The van der Waals surface area contributed by atoms with Crippen molar-refractivity contribution < 1.29 is 49.3 Å². The minimum Gasteiger partial charge on any atom is -0.454 e. The summed E-state index contributed by atoms with van der Waals surface area (Å²) in [6.07, 6.45) is 71.7. The number of amides is 1. The van der Waals surface area contributed by atoms with Gasteiger partial charge in [0.25, 0.3) is 0 Å². The first-order chi connectivity index (χ1) is 41.7. The molecule has 0 spiro atoms. The molecule has 8 unspecified atom stereocenters. The SMILES string of the molecule is CCCCC/C=C\C/C=C\C/C=C\C/C=C\CCC(O)C(=O)NC(COC1OC(CO)C(O)C(O)C1OC(=O)CCCCCCCCCCCCCCCC/C=C\C/C=C\C/C=C\CCCCC)C(O)/C=C/CCCCCCCCCCCCC. The van der Waals surface area contributed by atoms with Crippen LogP contribution in [0, 0.1) is 0 Å². The van der Waals surface area contributed by atoms with E-state index in [0.717, 1.165) is 83.5 Å². The molecule has 1 aliphatic rings. The Bertz CT molecular complexity index is 1750. The quantitative estimate of drug-likeness (QED) is 0.0195. The summed E-state index contributed by atoms with van der Waals surface area (Å²) >= 11 is 0. The molecule has 11 nitrogen and oxygen atoms in total. The average molecular weight is 1190 g/mol. The number of nitrogens with one attached hydrogen (secondary N) is 1. The molecule has 1 aliphatic heterocycles. The van der Waals surface area contributed by atoms with Gasteiger partial charge >= 0.3 is 5.97 Å². The predicted octanol–water partition coefficient (Wildman–Crippen LogP) is 17.8. The van der Waals surface area contributed by atoms with Gasteiger partial charge in [0, 0.05) is 6.42 Å². The van der Waals surface area contributed by atoms with Crippen molar-refractivity contribution in [2.24, 2.45) is 0 Å².